The van der Waals surface area contributed by atoms with Gasteiger partial charge in [0.1, 0.15) is 0 Å². The van der Waals surface area contributed by atoms with E-state index in [2.05, 4.69) is 10.2 Å². The van der Waals surface area contributed by atoms with Crippen LogP contribution in [0.3, 0.4) is 0 Å². The molecule has 0 saturated carbocycles. The molecule has 1 amide bonds. The Morgan fingerprint density at radius 2 is 1.66 bits per heavy atom. The van der Waals surface area contributed by atoms with Crippen molar-refractivity contribution in [1.82, 2.24) is 14.5 Å². The molecule has 0 bridgehead atoms. The van der Waals surface area contributed by atoms with Gasteiger partial charge < -0.3 is 5.32 Å². The van der Waals surface area contributed by atoms with Crippen LogP contribution in [0.1, 0.15) is 27.0 Å². The van der Waals surface area contributed by atoms with Crippen molar-refractivity contribution in [2.75, 3.05) is 38.5 Å². The molecule has 0 radical (unpaired) electrons. The van der Waals surface area contributed by atoms with E-state index in [0.717, 1.165) is 28.2 Å². The summed E-state index contributed by atoms with van der Waals surface area (Å²) in [6.07, 6.45) is 0. The summed E-state index contributed by atoms with van der Waals surface area (Å²) in [5.74, 6) is 1.47. The van der Waals surface area contributed by atoms with Crippen LogP contribution in [0.4, 0.5) is 0 Å². The molecule has 38 heavy (non-hydrogen) atoms. The number of rotatable bonds is 10. The summed E-state index contributed by atoms with van der Waals surface area (Å²) in [6, 6.07) is 20.2. The lowest BCUT2D eigenvalue weighted by atomic mass is 10.1. The number of nitrogens with one attached hydrogen (secondary N) is 1. The van der Waals surface area contributed by atoms with E-state index in [4.69, 9.17) is 23.2 Å². The van der Waals surface area contributed by atoms with E-state index in [1.54, 1.807) is 34.3 Å². The van der Waals surface area contributed by atoms with Gasteiger partial charge in [0, 0.05) is 56.3 Å². The Labute approximate surface area is 239 Å². The van der Waals surface area contributed by atoms with Crippen LogP contribution in [0.15, 0.2) is 71.6 Å². The van der Waals surface area contributed by atoms with Crippen molar-refractivity contribution in [2.45, 2.75) is 24.1 Å². The number of aryl methyl sites for hydroxylation is 1. The van der Waals surface area contributed by atoms with Gasteiger partial charge in [0.15, 0.2) is 0 Å². The maximum absolute atomic E-state index is 13.0. The van der Waals surface area contributed by atoms with Gasteiger partial charge in [-0.2, -0.15) is 16.1 Å². The molecule has 0 spiro atoms. The molecule has 0 aromatic heterocycles. The third-order valence-electron chi connectivity index (χ3n) is 6.37. The van der Waals surface area contributed by atoms with Gasteiger partial charge in [-0.3, -0.25) is 9.69 Å². The van der Waals surface area contributed by atoms with Gasteiger partial charge in [-0.05, 0) is 54.4 Å². The number of thioether (sulfide) groups is 1. The molecule has 1 aliphatic heterocycles. The first-order valence-corrected chi connectivity index (χ1v) is 15.8. The van der Waals surface area contributed by atoms with Crippen molar-refractivity contribution in [3.8, 4) is 0 Å². The molecule has 6 nitrogen and oxygen atoms in total. The molecule has 1 fully saturated rings. The second kappa shape index (κ2) is 13.3. The Morgan fingerprint density at radius 1 is 0.921 bits per heavy atom. The molecule has 202 valence electrons. The van der Waals surface area contributed by atoms with Gasteiger partial charge in [0.25, 0.3) is 5.91 Å². The minimum Gasteiger partial charge on any atom is -0.351 e. The molecular formula is C28H31Cl2N3O3S2. The minimum absolute atomic E-state index is 0.101. The van der Waals surface area contributed by atoms with Crippen molar-refractivity contribution >= 4 is 50.9 Å². The Kier molecular flexibility index (Phi) is 10.1. The minimum atomic E-state index is -3.48. The number of piperazine rings is 1. The van der Waals surface area contributed by atoms with Gasteiger partial charge in [-0.1, -0.05) is 59.1 Å². The van der Waals surface area contributed by atoms with E-state index in [1.165, 1.54) is 0 Å². The van der Waals surface area contributed by atoms with E-state index in [9.17, 15) is 13.2 Å². The zero-order valence-electron chi connectivity index (χ0n) is 21.2. The highest BCUT2D eigenvalue weighted by Crippen LogP contribution is 2.24. The van der Waals surface area contributed by atoms with E-state index < -0.39 is 10.0 Å². The smallest absolute Gasteiger partial charge is 0.251 e. The highest BCUT2D eigenvalue weighted by Gasteiger charge is 2.28. The lowest BCUT2D eigenvalue weighted by Crippen LogP contribution is -2.48. The second-order valence-electron chi connectivity index (χ2n) is 9.25. The summed E-state index contributed by atoms with van der Waals surface area (Å²) in [4.78, 5) is 15.2. The van der Waals surface area contributed by atoms with Crippen LogP contribution in [0, 0.1) is 6.92 Å². The summed E-state index contributed by atoms with van der Waals surface area (Å²) < 4.78 is 27.5. The summed E-state index contributed by atoms with van der Waals surface area (Å²) in [6.45, 7) is 5.32. The van der Waals surface area contributed by atoms with Crippen LogP contribution < -0.4 is 5.32 Å². The molecule has 1 aliphatic rings. The largest absolute Gasteiger partial charge is 0.351 e. The van der Waals surface area contributed by atoms with Gasteiger partial charge in [-0.15, -0.1) is 0 Å². The molecule has 0 unspecified atom stereocenters. The highest BCUT2D eigenvalue weighted by molar-refractivity contribution is 7.98. The Hall–Kier alpha value is -2.07. The van der Waals surface area contributed by atoms with Crippen molar-refractivity contribution < 1.29 is 13.2 Å². The van der Waals surface area contributed by atoms with Crippen LogP contribution in [0.5, 0.6) is 0 Å². The quantitative estimate of drug-likeness (QED) is 0.316. The van der Waals surface area contributed by atoms with Crippen LogP contribution in [0.2, 0.25) is 10.0 Å². The number of hydrogen-bond donors (Lipinski definition) is 1. The molecule has 0 aliphatic carbocycles. The van der Waals surface area contributed by atoms with Crippen molar-refractivity contribution in [2.24, 2.45) is 0 Å². The fourth-order valence-corrected chi connectivity index (χ4v) is 6.76. The normalized spacial score (nSPS) is 14.9. The van der Waals surface area contributed by atoms with Gasteiger partial charge >= 0.3 is 0 Å². The average Bonchev–Trinajstić information content (AvgIpc) is 2.91. The van der Waals surface area contributed by atoms with E-state index in [-0.39, 0.29) is 5.91 Å². The number of carbonyl (C=O) groups excluding carboxylic acids is 1. The Balaban J connectivity index is 1.22. The Morgan fingerprint density at radius 3 is 2.37 bits per heavy atom. The zero-order chi connectivity index (χ0) is 27.1. The number of sulfonamides is 1. The van der Waals surface area contributed by atoms with Gasteiger partial charge in [0.2, 0.25) is 10.0 Å². The summed E-state index contributed by atoms with van der Waals surface area (Å²) >= 11 is 13.7. The maximum Gasteiger partial charge on any atom is 0.251 e. The first-order chi connectivity index (χ1) is 18.2. The summed E-state index contributed by atoms with van der Waals surface area (Å²) in [5.41, 5.74) is 3.78. The van der Waals surface area contributed by atoms with E-state index >= 15 is 0 Å². The summed E-state index contributed by atoms with van der Waals surface area (Å²) in [5, 5.41) is 4.08. The lowest BCUT2D eigenvalue weighted by molar-refractivity contribution is 0.0956. The summed E-state index contributed by atoms with van der Waals surface area (Å²) in [7, 11) is -3.48. The molecule has 0 atom stereocenters. The fraction of sp³-hybridized carbons (Fsp3) is 0.321. The predicted molar refractivity (Wildman–Crippen MR) is 157 cm³/mol. The maximum atomic E-state index is 13.0. The number of carbonyl (C=O) groups is 1. The molecule has 1 N–H and O–H groups in total. The first kappa shape index (κ1) is 28.9. The second-order valence-corrected chi connectivity index (χ2v) is 13.1. The van der Waals surface area contributed by atoms with Gasteiger partial charge in [-0.25, -0.2) is 8.42 Å². The third-order valence-corrected chi connectivity index (χ3v) is 10.1. The lowest BCUT2D eigenvalue weighted by Gasteiger charge is -2.34. The number of nitrogens with zero attached hydrogens (tertiary/aromatic N) is 2. The number of benzene rings is 3. The van der Waals surface area contributed by atoms with E-state index in [1.807, 2.05) is 55.5 Å². The predicted octanol–water partition coefficient (Wildman–Crippen LogP) is 5.47. The average molecular weight is 593 g/mol. The fourth-order valence-electron chi connectivity index (χ4n) is 4.21. The standard InChI is InChI=1S/C28H31Cl2N3O3S2/c1-21-5-8-25(9-6-21)38(35,36)33-14-12-32(13-15-33)19-22-3-2-4-24(17-22)28(34)31-11-16-37-20-23-7-10-26(29)27(30)18-23/h2-10,17-18H,11-16,19-20H2,1H3,(H,31,34). The molecular weight excluding hydrogens is 561 g/mol. The molecule has 3 aromatic rings. The monoisotopic (exact) mass is 591 g/mol. The highest BCUT2D eigenvalue weighted by atomic mass is 35.5. The topological polar surface area (TPSA) is 69.7 Å². The molecule has 4 rings (SSSR count). The molecule has 1 heterocycles. The van der Waals surface area contributed by atoms with Crippen molar-refractivity contribution in [1.29, 1.82) is 0 Å². The number of hydrogen-bond acceptors (Lipinski definition) is 5. The third kappa shape index (κ3) is 7.74. The van der Waals surface area contributed by atoms with Crippen molar-refractivity contribution in [3.63, 3.8) is 0 Å². The van der Waals surface area contributed by atoms with Crippen LogP contribution >= 0.6 is 35.0 Å². The van der Waals surface area contributed by atoms with Gasteiger partial charge in [0.05, 0.1) is 14.9 Å². The van der Waals surface area contributed by atoms with Crippen LogP contribution in [-0.2, 0) is 22.3 Å². The van der Waals surface area contributed by atoms with E-state index in [0.29, 0.717) is 59.8 Å². The Bertz CT molecular complexity index is 1360. The number of amides is 1. The zero-order valence-corrected chi connectivity index (χ0v) is 24.3. The molecule has 10 heteroatoms. The van der Waals surface area contributed by atoms with Crippen LogP contribution in [-0.4, -0.2) is 62.0 Å². The molecule has 1 saturated heterocycles. The SMILES string of the molecule is Cc1ccc(S(=O)(=O)N2CCN(Cc3cccc(C(=O)NCCSCc4ccc(Cl)c(Cl)c4)c3)CC2)cc1. The van der Waals surface area contributed by atoms with Crippen LogP contribution in [0.25, 0.3) is 0 Å². The number of halogens is 2. The molecule has 3 aromatic carbocycles. The first-order valence-electron chi connectivity index (χ1n) is 12.4. The van der Waals surface area contributed by atoms with Crippen molar-refractivity contribution in [3.05, 3.63) is 99.0 Å².